The van der Waals surface area contributed by atoms with Gasteiger partial charge in [0, 0.05) is 12.4 Å². The quantitative estimate of drug-likeness (QED) is 0.353. The van der Waals surface area contributed by atoms with Gasteiger partial charge in [-0.05, 0) is 13.3 Å². The zero-order valence-electron chi connectivity index (χ0n) is 7.17. The average molecular weight is 166 g/mol. The number of hydrazine groups is 1. The van der Waals surface area contributed by atoms with Gasteiger partial charge in [-0.1, -0.05) is 5.57 Å². The minimum absolute atomic E-state index is 0.0394. The summed E-state index contributed by atoms with van der Waals surface area (Å²) in [6, 6.07) is 0.0394. The van der Waals surface area contributed by atoms with Crippen LogP contribution in [-0.2, 0) is 0 Å². The van der Waals surface area contributed by atoms with Crippen molar-refractivity contribution >= 4 is 0 Å². The Kier molecular flexibility index (Phi) is 3.01. The Labute approximate surface area is 71.9 Å². The van der Waals surface area contributed by atoms with Crippen LogP contribution in [0.15, 0.2) is 24.5 Å². The summed E-state index contributed by atoms with van der Waals surface area (Å²) in [4.78, 5) is 7.10. The summed E-state index contributed by atoms with van der Waals surface area (Å²) in [5.41, 5.74) is 3.76. The summed E-state index contributed by atoms with van der Waals surface area (Å²) in [5.74, 6) is 6.21. The van der Waals surface area contributed by atoms with Crippen molar-refractivity contribution in [2.24, 2.45) is 5.84 Å². The zero-order valence-corrected chi connectivity index (χ0v) is 7.17. The molecule has 4 N–H and O–H groups in total. The Balaban J connectivity index is 2.63. The van der Waals surface area contributed by atoms with Crippen molar-refractivity contribution in [3.63, 3.8) is 0 Å². The van der Waals surface area contributed by atoms with Gasteiger partial charge in [-0.3, -0.25) is 5.84 Å². The largest absolute Gasteiger partial charge is 0.347 e. The summed E-state index contributed by atoms with van der Waals surface area (Å²) in [6.07, 6.45) is 4.28. The van der Waals surface area contributed by atoms with E-state index in [0.29, 0.717) is 0 Å². The molecule has 1 atom stereocenters. The minimum Gasteiger partial charge on any atom is -0.347 e. The highest BCUT2D eigenvalue weighted by Gasteiger charge is 2.10. The van der Waals surface area contributed by atoms with Crippen LogP contribution in [0.2, 0.25) is 0 Å². The fourth-order valence-corrected chi connectivity index (χ4v) is 1.05. The maximum absolute atomic E-state index is 5.36. The molecule has 4 heteroatoms. The molecule has 12 heavy (non-hydrogen) atoms. The summed E-state index contributed by atoms with van der Waals surface area (Å²) in [5, 5.41) is 0. The predicted molar refractivity (Wildman–Crippen MR) is 48.1 cm³/mol. The van der Waals surface area contributed by atoms with Crippen molar-refractivity contribution in [3.05, 3.63) is 30.4 Å². The van der Waals surface area contributed by atoms with Crippen LogP contribution in [0.1, 0.15) is 25.2 Å². The van der Waals surface area contributed by atoms with Crippen LogP contribution >= 0.6 is 0 Å². The number of hydrogen-bond donors (Lipinski definition) is 3. The fraction of sp³-hybridized carbons (Fsp3) is 0.375. The smallest absolute Gasteiger partial charge is 0.124 e. The monoisotopic (exact) mass is 166 g/mol. The maximum atomic E-state index is 5.36. The van der Waals surface area contributed by atoms with E-state index in [0.717, 1.165) is 17.8 Å². The zero-order chi connectivity index (χ0) is 8.97. The number of rotatable bonds is 4. The number of nitrogens with one attached hydrogen (secondary N) is 2. The molecule has 0 spiro atoms. The lowest BCUT2D eigenvalue weighted by Gasteiger charge is -2.12. The first-order valence-corrected chi connectivity index (χ1v) is 3.84. The number of H-pyrrole nitrogens is 1. The fourth-order valence-electron chi connectivity index (χ4n) is 1.05. The van der Waals surface area contributed by atoms with E-state index in [9.17, 15) is 0 Å². The molecule has 0 aliphatic carbocycles. The summed E-state index contributed by atoms with van der Waals surface area (Å²) in [6.45, 7) is 5.78. The van der Waals surface area contributed by atoms with E-state index < -0.39 is 0 Å². The molecule has 1 aromatic rings. The Bertz CT molecular complexity index is 240. The highest BCUT2D eigenvalue weighted by Crippen LogP contribution is 2.14. The molecule has 1 rings (SSSR count). The van der Waals surface area contributed by atoms with E-state index in [2.05, 4.69) is 22.0 Å². The Morgan fingerprint density at radius 2 is 2.67 bits per heavy atom. The minimum atomic E-state index is 0.0394. The van der Waals surface area contributed by atoms with E-state index in [1.54, 1.807) is 12.4 Å². The first-order chi connectivity index (χ1) is 5.74. The molecular weight excluding hydrogens is 152 g/mol. The van der Waals surface area contributed by atoms with E-state index in [4.69, 9.17) is 5.84 Å². The van der Waals surface area contributed by atoms with Gasteiger partial charge in [0.1, 0.15) is 5.82 Å². The van der Waals surface area contributed by atoms with Gasteiger partial charge in [0.15, 0.2) is 0 Å². The summed E-state index contributed by atoms with van der Waals surface area (Å²) >= 11 is 0. The first kappa shape index (κ1) is 8.96. The molecule has 0 saturated heterocycles. The summed E-state index contributed by atoms with van der Waals surface area (Å²) < 4.78 is 0. The lowest BCUT2D eigenvalue weighted by atomic mass is 10.1. The molecule has 1 heterocycles. The number of hydrogen-bond acceptors (Lipinski definition) is 3. The standard InChI is InChI=1S/C8H14N4/c1-6(2)5-7(12-9)8-10-3-4-11-8/h3-4,7,12H,1,5,9H2,2H3,(H,10,11). The molecule has 0 amide bonds. The molecule has 0 aliphatic rings. The predicted octanol–water partition coefficient (Wildman–Crippen LogP) is 0.880. The molecule has 1 unspecified atom stereocenters. The van der Waals surface area contributed by atoms with E-state index >= 15 is 0 Å². The first-order valence-electron chi connectivity index (χ1n) is 3.84. The van der Waals surface area contributed by atoms with Gasteiger partial charge in [-0.15, -0.1) is 6.58 Å². The van der Waals surface area contributed by atoms with Gasteiger partial charge in [0.25, 0.3) is 0 Å². The summed E-state index contributed by atoms with van der Waals surface area (Å²) in [7, 11) is 0. The molecule has 0 radical (unpaired) electrons. The van der Waals surface area contributed by atoms with Gasteiger partial charge in [-0.2, -0.15) is 0 Å². The van der Waals surface area contributed by atoms with Crippen LogP contribution in [0.3, 0.4) is 0 Å². The van der Waals surface area contributed by atoms with Gasteiger partial charge >= 0.3 is 0 Å². The van der Waals surface area contributed by atoms with Gasteiger partial charge in [0.2, 0.25) is 0 Å². The van der Waals surface area contributed by atoms with Crippen molar-refractivity contribution in [2.75, 3.05) is 0 Å². The lowest BCUT2D eigenvalue weighted by Crippen LogP contribution is -2.28. The van der Waals surface area contributed by atoms with E-state index in [1.165, 1.54) is 0 Å². The topological polar surface area (TPSA) is 66.7 Å². The Morgan fingerprint density at radius 1 is 1.92 bits per heavy atom. The molecule has 0 saturated carbocycles. The van der Waals surface area contributed by atoms with E-state index in [-0.39, 0.29) is 6.04 Å². The van der Waals surface area contributed by atoms with Gasteiger partial charge in [0.05, 0.1) is 6.04 Å². The molecule has 0 aromatic carbocycles. The van der Waals surface area contributed by atoms with Crippen molar-refractivity contribution in [1.29, 1.82) is 0 Å². The third-order valence-corrected chi connectivity index (χ3v) is 1.60. The molecule has 0 bridgehead atoms. The molecule has 66 valence electrons. The molecule has 4 nitrogen and oxygen atoms in total. The number of nitrogens with two attached hydrogens (primary N) is 1. The van der Waals surface area contributed by atoms with E-state index in [1.807, 2.05) is 6.92 Å². The number of aromatic nitrogens is 2. The average Bonchev–Trinajstić information content (AvgIpc) is 2.51. The second-order valence-corrected chi connectivity index (χ2v) is 2.85. The maximum Gasteiger partial charge on any atom is 0.124 e. The highest BCUT2D eigenvalue weighted by atomic mass is 15.2. The third kappa shape index (κ3) is 2.18. The van der Waals surface area contributed by atoms with Crippen molar-refractivity contribution in [1.82, 2.24) is 15.4 Å². The normalized spacial score (nSPS) is 12.8. The second-order valence-electron chi connectivity index (χ2n) is 2.85. The van der Waals surface area contributed by atoms with Crippen LogP contribution < -0.4 is 11.3 Å². The van der Waals surface area contributed by atoms with Crippen LogP contribution in [0.4, 0.5) is 0 Å². The van der Waals surface area contributed by atoms with Gasteiger partial charge < -0.3 is 4.98 Å². The number of aromatic amines is 1. The number of nitrogens with zero attached hydrogens (tertiary/aromatic N) is 1. The second kappa shape index (κ2) is 4.04. The third-order valence-electron chi connectivity index (χ3n) is 1.60. The molecule has 0 fully saturated rings. The molecule has 1 aromatic heterocycles. The van der Waals surface area contributed by atoms with Gasteiger partial charge in [-0.25, -0.2) is 10.4 Å². The van der Waals surface area contributed by atoms with Crippen LogP contribution in [-0.4, -0.2) is 9.97 Å². The van der Waals surface area contributed by atoms with Crippen molar-refractivity contribution < 1.29 is 0 Å². The van der Waals surface area contributed by atoms with Crippen LogP contribution in [0.5, 0.6) is 0 Å². The molecule has 0 aliphatic heterocycles. The van der Waals surface area contributed by atoms with Crippen molar-refractivity contribution in [2.45, 2.75) is 19.4 Å². The Hall–Kier alpha value is -1.13. The Morgan fingerprint density at radius 3 is 3.08 bits per heavy atom. The molecular formula is C8H14N4. The highest BCUT2D eigenvalue weighted by molar-refractivity contribution is 5.02. The van der Waals surface area contributed by atoms with Crippen LogP contribution in [0, 0.1) is 0 Å². The SMILES string of the molecule is C=C(C)CC(NN)c1ncc[nH]1. The van der Waals surface area contributed by atoms with Crippen LogP contribution in [0.25, 0.3) is 0 Å². The number of imidazole rings is 1. The lowest BCUT2D eigenvalue weighted by molar-refractivity contribution is 0.526. The van der Waals surface area contributed by atoms with Crippen molar-refractivity contribution in [3.8, 4) is 0 Å².